The fraction of sp³-hybridized carbons (Fsp3) is 0.125. The molecule has 0 aliphatic heterocycles. The lowest BCUT2D eigenvalue weighted by molar-refractivity contribution is -0.0743. The zero-order valence-corrected chi connectivity index (χ0v) is 10.3. The molecule has 0 amide bonds. The van der Waals surface area contributed by atoms with Crippen LogP contribution in [0.5, 0.6) is 0 Å². The van der Waals surface area contributed by atoms with Crippen LogP contribution in [0.3, 0.4) is 0 Å². The van der Waals surface area contributed by atoms with Crippen molar-refractivity contribution in [1.82, 2.24) is 0 Å². The van der Waals surface area contributed by atoms with Crippen LogP contribution in [0, 0.1) is 11.3 Å². The van der Waals surface area contributed by atoms with E-state index in [0.717, 1.165) is 0 Å². The van der Waals surface area contributed by atoms with Gasteiger partial charge in [-0.3, -0.25) is 13.7 Å². The Morgan fingerprint density at radius 2 is 1.88 bits per heavy atom. The third-order valence-electron chi connectivity index (χ3n) is 1.94. The molecule has 1 aromatic carbocycles. The number of aliphatic hydroxyl groups is 1. The Labute approximate surface area is 97.7 Å². The Kier molecular flexibility index (Phi) is 4.61. The minimum absolute atomic E-state index is 0.120. The first kappa shape index (κ1) is 14.1. The highest BCUT2D eigenvalue weighted by atomic mass is 31.1. The van der Waals surface area contributed by atoms with Gasteiger partial charge >= 0.3 is 8.25 Å². The smallest absolute Gasteiger partial charge is 0.319 e. The average molecular weight is 277 g/mol. The number of hydrogen-bond donors (Lipinski definition) is 3. The normalized spacial score (nSPS) is 17.8. The maximum Gasteiger partial charge on any atom is 0.319 e. The first-order valence-corrected chi connectivity index (χ1v) is 6.91. The number of nitriles is 1. The predicted octanol–water partition coefficient (Wildman–Crippen LogP) is 0.526. The van der Waals surface area contributed by atoms with Crippen molar-refractivity contribution in [1.29, 1.82) is 5.26 Å². The van der Waals surface area contributed by atoms with Crippen LogP contribution in [0.2, 0.25) is 0 Å². The van der Waals surface area contributed by atoms with Gasteiger partial charge in [0.05, 0.1) is 11.6 Å². The molecule has 0 bridgehead atoms. The first-order valence-electron chi connectivity index (χ1n) is 4.29. The average Bonchev–Trinajstić information content (AvgIpc) is 2.27. The molecule has 0 saturated carbocycles. The summed E-state index contributed by atoms with van der Waals surface area (Å²) in [5.74, 6) is 0. The molecule has 3 unspecified atom stereocenters. The lowest BCUT2D eigenvalue weighted by Gasteiger charge is -2.24. The fourth-order valence-electron chi connectivity index (χ4n) is 1.22. The van der Waals surface area contributed by atoms with Gasteiger partial charge in [-0.2, -0.15) is 5.26 Å². The van der Waals surface area contributed by atoms with Crippen LogP contribution >= 0.6 is 16.3 Å². The fourth-order valence-corrected chi connectivity index (χ4v) is 2.64. The summed E-state index contributed by atoms with van der Waals surface area (Å²) in [7, 11) is -7.40. The quantitative estimate of drug-likeness (QED) is 0.540. The van der Waals surface area contributed by atoms with Crippen LogP contribution in [0.4, 0.5) is 0 Å². The van der Waals surface area contributed by atoms with E-state index in [-0.39, 0.29) is 11.1 Å². The van der Waals surface area contributed by atoms with E-state index in [9.17, 15) is 14.2 Å². The van der Waals surface area contributed by atoms with Crippen LogP contribution in [-0.2, 0) is 19.2 Å². The SMILES string of the molecule is N#Cc1ccccc1C(O)(O[PH](=O)O)[PH](=O)O. The largest absolute Gasteiger partial charge is 0.354 e. The molecular weight excluding hydrogens is 268 g/mol. The number of rotatable bonds is 4. The molecular formula is C8H9NO6P2. The lowest BCUT2D eigenvalue weighted by atomic mass is 10.1. The van der Waals surface area contributed by atoms with E-state index in [1.807, 2.05) is 0 Å². The molecule has 0 aliphatic rings. The van der Waals surface area contributed by atoms with Crippen molar-refractivity contribution in [3.8, 4) is 6.07 Å². The molecule has 7 nitrogen and oxygen atoms in total. The molecule has 0 heterocycles. The van der Waals surface area contributed by atoms with E-state index in [2.05, 4.69) is 4.52 Å². The van der Waals surface area contributed by atoms with Crippen molar-refractivity contribution >= 4 is 16.3 Å². The standard InChI is InChI=1S/C8H9NO6P2/c9-5-6-3-1-2-4-7(6)8(10,16(11)12)15-17(13)14/h1-4,10,16-17H,(H,11,12)(H,13,14). The molecule has 3 N–H and O–H groups in total. The van der Waals surface area contributed by atoms with Gasteiger partial charge < -0.3 is 14.9 Å². The maximum atomic E-state index is 11.1. The van der Waals surface area contributed by atoms with Gasteiger partial charge in [0.15, 0.2) is 0 Å². The molecule has 3 atom stereocenters. The second-order valence-corrected chi connectivity index (χ2v) is 5.00. The number of hydrogen-bond acceptors (Lipinski definition) is 5. The maximum absolute atomic E-state index is 11.1. The van der Waals surface area contributed by atoms with E-state index in [1.165, 1.54) is 24.3 Å². The van der Waals surface area contributed by atoms with Gasteiger partial charge in [0.1, 0.15) is 0 Å². The zero-order chi connectivity index (χ0) is 13.1. The molecule has 0 aliphatic carbocycles. The Hall–Kier alpha value is -0.990. The van der Waals surface area contributed by atoms with E-state index in [1.54, 1.807) is 6.07 Å². The van der Waals surface area contributed by atoms with Crippen molar-refractivity contribution in [2.75, 3.05) is 0 Å². The third-order valence-corrected chi connectivity index (χ3v) is 3.56. The van der Waals surface area contributed by atoms with E-state index in [0.29, 0.717) is 0 Å². The Balaban J connectivity index is 3.38. The number of nitrogens with zero attached hydrogens (tertiary/aromatic N) is 1. The summed E-state index contributed by atoms with van der Waals surface area (Å²) in [6.07, 6.45) is 0. The molecule has 0 radical (unpaired) electrons. The monoisotopic (exact) mass is 277 g/mol. The van der Waals surface area contributed by atoms with Gasteiger partial charge in [-0.05, 0) is 6.07 Å². The van der Waals surface area contributed by atoms with Gasteiger partial charge in [-0.25, -0.2) is 0 Å². The summed E-state index contributed by atoms with van der Waals surface area (Å²) in [5, 5.41) is 18.6. The van der Waals surface area contributed by atoms with Crippen LogP contribution in [0.15, 0.2) is 24.3 Å². The van der Waals surface area contributed by atoms with Crippen molar-refractivity contribution in [2.45, 2.75) is 5.53 Å². The van der Waals surface area contributed by atoms with Crippen molar-refractivity contribution < 1.29 is 28.5 Å². The second kappa shape index (κ2) is 5.56. The van der Waals surface area contributed by atoms with Gasteiger partial charge in [0.25, 0.3) is 13.6 Å². The van der Waals surface area contributed by atoms with Gasteiger partial charge in [0.2, 0.25) is 0 Å². The van der Waals surface area contributed by atoms with Gasteiger partial charge in [0, 0.05) is 5.56 Å². The first-order chi connectivity index (χ1) is 7.91. The molecule has 9 heteroatoms. The third kappa shape index (κ3) is 3.02. The Bertz CT molecular complexity index is 513. The molecule has 17 heavy (non-hydrogen) atoms. The minimum Gasteiger partial charge on any atom is -0.354 e. The molecule has 0 aromatic heterocycles. The second-order valence-electron chi connectivity index (χ2n) is 2.97. The summed E-state index contributed by atoms with van der Waals surface area (Å²) in [4.78, 5) is 17.6. The van der Waals surface area contributed by atoms with E-state index < -0.39 is 21.8 Å². The van der Waals surface area contributed by atoms with Crippen molar-refractivity contribution in [3.05, 3.63) is 35.4 Å². The highest BCUT2D eigenvalue weighted by Gasteiger charge is 2.40. The minimum atomic E-state index is -3.75. The van der Waals surface area contributed by atoms with Crippen LogP contribution in [0.1, 0.15) is 11.1 Å². The number of benzene rings is 1. The Morgan fingerprint density at radius 1 is 1.29 bits per heavy atom. The molecule has 92 valence electrons. The lowest BCUT2D eigenvalue weighted by Crippen LogP contribution is -2.23. The van der Waals surface area contributed by atoms with Crippen LogP contribution < -0.4 is 0 Å². The summed E-state index contributed by atoms with van der Waals surface area (Å²) in [6.45, 7) is 0. The summed E-state index contributed by atoms with van der Waals surface area (Å²) < 4.78 is 25.9. The highest BCUT2D eigenvalue weighted by molar-refractivity contribution is 7.40. The Morgan fingerprint density at radius 3 is 2.35 bits per heavy atom. The summed E-state index contributed by atoms with van der Waals surface area (Å²) in [5.41, 5.74) is -3.27. The molecule has 0 spiro atoms. The highest BCUT2D eigenvalue weighted by Crippen LogP contribution is 2.48. The molecule has 0 saturated heterocycles. The van der Waals surface area contributed by atoms with Crippen molar-refractivity contribution in [3.63, 3.8) is 0 Å². The van der Waals surface area contributed by atoms with E-state index in [4.69, 9.17) is 15.0 Å². The zero-order valence-electron chi connectivity index (χ0n) is 8.32. The van der Waals surface area contributed by atoms with Crippen LogP contribution in [0.25, 0.3) is 0 Å². The molecule has 0 fully saturated rings. The van der Waals surface area contributed by atoms with Gasteiger partial charge in [-0.15, -0.1) is 0 Å². The molecule has 1 rings (SSSR count). The van der Waals surface area contributed by atoms with E-state index >= 15 is 0 Å². The topological polar surface area (TPSA) is 128 Å². The summed E-state index contributed by atoms with van der Waals surface area (Å²) in [6, 6.07) is 7.00. The predicted molar refractivity (Wildman–Crippen MR) is 58.6 cm³/mol. The summed E-state index contributed by atoms with van der Waals surface area (Å²) >= 11 is 0. The van der Waals surface area contributed by atoms with Crippen LogP contribution in [-0.4, -0.2) is 14.9 Å². The van der Waals surface area contributed by atoms with Gasteiger partial charge in [-0.1, -0.05) is 18.2 Å². The molecule has 1 aromatic rings. The van der Waals surface area contributed by atoms with Crippen molar-refractivity contribution in [2.24, 2.45) is 0 Å².